The summed E-state index contributed by atoms with van der Waals surface area (Å²) in [6.07, 6.45) is 3.58. The van der Waals surface area contributed by atoms with Crippen molar-refractivity contribution in [1.29, 1.82) is 0 Å². The van der Waals surface area contributed by atoms with Crippen LogP contribution in [0.15, 0.2) is 116 Å². The Bertz CT molecular complexity index is 1910. The molecule has 0 saturated heterocycles. The second-order valence-electron chi connectivity index (χ2n) is 8.77. The molecule has 191 valence electrons. The maximum Gasteiger partial charge on any atom is 2.00 e. The zero-order chi connectivity index (χ0) is 25.3. The fourth-order valence-electron chi connectivity index (χ4n) is 4.66. The number of hydrogen-bond acceptors (Lipinski definition) is 3. The van der Waals surface area contributed by atoms with Crippen molar-refractivity contribution in [1.82, 2.24) is 14.5 Å². The molecule has 0 atom stereocenters. The Morgan fingerprint density at radius 1 is 0.600 bits per heavy atom. The molecule has 0 fully saturated rings. The number of benzene rings is 4. The maximum absolute atomic E-state index is 6.24. The van der Waals surface area contributed by atoms with E-state index in [-0.39, 0.29) is 53.8 Å². The number of ether oxygens (including phenoxy) is 1. The van der Waals surface area contributed by atoms with Crippen LogP contribution in [0.4, 0.5) is 0 Å². The number of fused-ring (bicyclic) bond motifs is 3. The van der Waals surface area contributed by atoms with Crippen molar-refractivity contribution in [2.75, 3.05) is 0 Å². The molecule has 0 unspecified atom stereocenters. The molecule has 0 bridgehead atoms. The number of para-hydroxylation sites is 1. The Hall–Kier alpha value is -3.43. The van der Waals surface area contributed by atoms with Crippen LogP contribution < -0.4 is 4.74 Å². The summed E-state index contributed by atoms with van der Waals surface area (Å²) in [4.78, 5) is 9.11. The fraction of sp³-hybridized carbons (Fsp3) is 0. The summed E-state index contributed by atoms with van der Waals surface area (Å²) >= 11 is 0. The molecular formula is C34H19N3OPtY-2. The number of aromatic nitrogens is 3. The molecule has 4 aromatic carbocycles. The van der Waals surface area contributed by atoms with Crippen LogP contribution in [0.5, 0.6) is 11.5 Å². The van der Waals surface area contributed by atoms with E-state index < -0.39 is 0 Å². The van der Waals surface area contributed by atoms with Gasteiger partial charge in [-0.25, -0.2) is 12.1 Å². The summed E-state index contributed by atoms with van der Waals surface area (Å²) in [5, 5.41) is 2.17. The predicted molar refractivity (Wildman–Crippen MR) is 149 cm³/mol. The van der Waals surface area contributed by atoms with E-state index in [1.807, 2.05) is 84.9 Å². The molecule has 0 N–H and O–H groups in total. The molecule has 0 amide bonds. The van der Waals surface area contributed by atoms with E-state index in [4.69, 9.17) is 4.74 Å². The van der Waals surface area contributed by atoms with Crippen LogP contribution >= 0.6 is 0 Å². The van der Waals surface area contributed by atoms with Gasteiger partial charge >= 0.3 is 21.1 Å². The molecule has 0 aliphatic heterocycles. The van der Waals surface area contributed by atoms with Crippen LogP contribution in [0.25, 0.3) is 50.0 Å². The molecule has 1 radical (unpaired) electrons. The minimum atomic E-state index is 0. The normalized spacial score (nSPS) is 10.6. The van der Waals surface area contributed by atoms with E-state index in [0.717, 1.165) is 44.2 Å². The average molecular weight is 770 g/mol. The molecule has 3 heterocycles. The van der Waals surface area contributed by atoms with Gasteiger partial charge in [0.15, 0.2) is 0 Å². The average Bonchev–Trinajstić information content (AvgIpc) is 3.32. The van der Waals surface area contributed by atoms with Crippen molar-refractivity contribution in [3.63, 3.8) is 0 Å². The third-order valence-electron chi connectivity index (χ3n) is 6.38. The van der Waals surface area contributed by atoms with E-state index in [9.17, 15) is 0 Å². The van der Waals surface area contributed by atoms with Gasteiger partial charge in [-0.05, 0) is 29.4 Å². The SMILES string of the molecule is [Pt+2].[Y].[c-]1ccccc1-c1[c-]c(-n2c3[c-]c(Oc4[c-]c(-c5ccccn5)ccc4)ccc3c3ccccc32)ncc1. The van der Waals surface area contributed by atoms with E-state index in [1.54, 1.807) is 12.4 Å². The number of hydrogen-bond donors (Lipinski definition) is 0. The second-order valence-corrected chi connectivity index (χ2v) is 8.77. The summed E-state index contributed by atoms with van der Waals surface area (Å²) in [5.74, 6) is 1.87. The molecule has 0 aliphatic carbocycles. The van der Waals surface area contributed by atoms with Gasteiger partial charge < -0.3 is 14.3 Å². The van der Waals surface area contributed by atoms with Crippen LogP contribution in [0.3, 0.4) is 0 Å². The molecule has 4 nitrogen and oxygen atoms in total. The van der Waals surface area contributed by atoms with Crippen LogP contribution in [0.1, 0.15) is 0 Å². The van der Waals surface area contributed by atoms with E-state index in [1.165, 1.54) is 0 Å². The number of nitrogens with zero attached hydrogens (tertiary/aromatic N) is 3. The van der Waals surface area contributed by atoms with Gasteiger partial charge in [0.05, 0.1) is 5.82 Å². The fourth-order valence-corrected chi connectivity index (χ4v) is 4.66. The zero-order valence-corrected chi connectivity index (χ0v) is 26.2. The Morgan fingerprint density at radius 2 is 1.43 bits per heavy atom. The van der Waals surface area contributed by atoms with Gasteiger partial charge in [0.25, 0.3) is 0 Å². The number of rotatable bonds is 5. The largest absolute Gasteiger partial charge is 2.00 e. The van der Waals surface area contributed by atoms with Gasteiger partial charge in [-0.1, -0.05) is 41.9 Å². The van der Waals surface area contributed by atoms with Crippen LogP contribution in [-0.2, 0) is 53.8 Å². The van der Waals surface area contributed by atoms with Crippen LogP contribution in [0.2, 0.25) is 0 Å². The first kappa shape index (κ1) is 28.1. The summed E-state index contributed by atoms with van der Waals surface area (Å²) in [7, 11) is 0. The Balaban J connectivity index is 0.00000161. The van der Waals surface area contributed by atoms with Gasteiger partial charge in [-0.2, -0.15) is 30.3 Å². The molecule has 0 spiro atoms. The monoisotopic (exact) mass is 769 g/mol. The summed E-state index contributed by atoms with van der Waals surface area (Å²) in [6, 6.07) is 47.3. The van der Waals surface area contributed by atoms with Gasteiger partial charge in [-0.3, -0.25) is 16.1 Å². The summed E-state index contributed by atoms with van der Waals surface area (Å²) in [5.41, 5.74) is 5.49. The summed E-state index contributed by atoms with van der Waals surface area (Å²) in [6.45, 7) is 0. The first-order chi connectivity index (χ1) is 18.8. The maximum atomic E-state index is 6.24. The van der Waals surface area contributed by atoms with Crippen molar-refractivity contribution < 1.29 is 58.5 Å². The minimum Gasteiger partial charge on any atom is -0.503 e. The van der Waals surface area contributed by atoms with Crippen molar-refractivity contribution in [3.05, 3.63) is 140 Å². The third kappa shape index (κ3) is 5.45. The first-order valence-corrected chi connectivity index (χ1v) is 12.3. The second kappa shape index (κ2) is 12.4. The Morgan fingerprint density at radius 3 is 2.27 bits per heavy atom. The quantitative estimate of drug-likeness (QED) is 0.167. The van der Waals surface area contributed by atoms with E-state index in [0.29, 0.717) is 17.3 Å². The molecule has 6 heteroatoms. The molecule has 0 aliphatic rings. The minimum absolute atomic E-state index is 0. The van der Waals surface area contributed by atoms with Crippen molar-refractivity contribution >= 4 is 21.8 Å². The predicted octanol–water partition coefficient (Wildman–Crippen LogP) is 7.90. The zero-order valence-electron chi connectivity index (χ0n) is 21.1. The van der Waals surface area contributed by atoms with Crippen molar-refractivity contribution in [2.45, 2.75) is 0 Å². The van der Waals surface area contributed by atoms with Gasteiger partial charge in [0.1, 0.15) is 0 Å². The first-order valence-electron chi connectivity index (χ1n) is 12.3. The Labute approximate surface area is 272 Å². The summed E-state index contributed by atoms with van der Waals surface area (Å²) < 4.78 is 8.32. The molecule has 0 saturated carbocycles. The van der Waals surface area contributed by atoms with Crippen LogP contribution in [-0.4, -0.2) is 14.5 Å². The van der Waals surface area contributed by atoms with Crippen molar-refractivity contribution in [2.24, 2.45) is 0 Å². The smallest absolute Gasteiger partial charge is 0.503 e. The molecule has 7 aromatic rings. The van der Waals surface area contributed by atoms with Gasteiger partial charge in [0.2, 0.25) is 0 Å². The third-order valence-corrected chi connectivity index (χ3v) is 6.38. The van der Waals surface area contributed by atoms with E-state index in [2.05, 4.69) is 57.0 Å². The van der Waals surface area contributed by atoms with Gasteiger partial charge in [0, 0.05) is 55.9 Å². The topological polar surface area (TPSA) is 39.9 Å². The van der Waals surface area contributed by atoms with Crippen molar-refractivity contribution in [3.8, 4) is 39.7 Å². The van der Waals surface area contributed by atoms with E-state index >= 15 is 0 Å². The van der Waals surface area contributed by atoms with Crippen LogP contribution in [0, 0.1) is 24.3 Å². The number of pyridine rings is 2. The molecule has 3 aromatic heterocycles. The Kier molecular flexibility index (Phi) is 8.71. The molecular weight excluding hydrogens is 750 g/mol. The standard InChI is InChI=1S/C34H19N3O.Pt.Y/c1-2-9-24(10-3-1)25-18-20-36-34(22-25)37-32-15-5-4-13-29(32)30-17-16-28(23-33(30)37)38-27-12-8-11-26(21-27)31-14-6-7-19-35-31;;/h1-9,11-20H;;/q-4;+2;. The molecule has 40 heavy (non-hydrogen) atoms. The molecule has 7 rings (SSSR count). The van der Waals surface area contributed by atoms with Gasteiger partial charge in [-0.15, -0.1) is 47.3 Å².